The van der Waals surface area contributed by atoms with Gasteiger partial charge >= 0.3 is 0 Å². The highest BCUT2D eigenvalue weighted by Gasteiger charge is 2.10. The predicted molar refractivity (Wildman–Crippen MR) is 69.1 cm³/mol. The average Bonchev–Trinajstić information content (AvgIpc) is 2.79. The quantitative estimate of drug-likeness (QED) is 0.820. The van der Waals surface area contributed by atoms with Crippen LogP contribution in [0.25, 0.3) is 11.0 Å². The summed E-state index contributed by atoms with van der Waals surface area (Å²) in [7, 11) is 0. The third kappa shape index (κ3) is 2.96. The molecule has 1 aromatic heterocycles. The zero-order valence-electron chi connectivity index (χ0n) is 9.97. The van der Waals surface area contributed by atoms with Crippen molar-refractivity contribution in [2.45, 2.75) is 19.1 Å². The minimum absolute atomic E-state index is 0.134. The van der Waals surface area contributed by atoms with Crippen LogP contribution in [0.15, 0.2) is 28.7 Å². The van der Waals surface area contributed by atoms with E-state index in [0.29, 0.717) is 17.1 Å². The van der Waals surface area contributed by atoms with E-state index in [-0.39, 0.29) is 12.5 Å². The predicted octanol–water partition coefficient (Wildman–Crippen LogP) is 2.46. The Labute approximate surface area is 110 Å². The first kappa shape index (κ1) is 13.2. The number of halogens is 1. The number of aliphatic hydroxyl groups excluding tert-OH is 2. The maximum atomic E-state index is 9.43. The lowest BCUT2D eigenvalue weighted by atomic mass is 10.2. The Morgan fingerprint density at radius 3 is 2.78 bits per heavy atom. The molecule has 2 aromatic rings. The van der Waals surface area contributed by atoms with Crippen LogP contribution in [0.2, 0.25) is 0 Å². The molecule has 4 nitrogen and oxygen atoms in total. The van der Waals surface area contributed by atoms with Crippen LogP contribution in [0.5, 0.6) is 5.75 Å². The highest BCUT2D eigenvalue weighted by Crippen LogP contribution is 2.27. The molecule has 1 heterocycles. The van der Waals surface area contributed by atoms with Gasteiger partial charge in [0.25, 0.3) is 0 Å². The van der Waals surface area contributed by atoms with Crippen molar-refractivity contribution in [1.82, 2.24) is 0 Å². The van der Waals surface area contributed by atoms with Crippen molar-refractivity contribution in [2.24, 2.45) is 0 Å². The number of rotatable bonds is 5. The van der Waals surface area contributed by atoms with Gasteiger partial charge in [0.2, 0.25) is 0 Å². The molecule has 2 unspecified atom stereocenters. The van der Waals surface area contributed by atoms with E-state index in [1.807, 2.05) is 6.07 Å². The van der Waals surface area contributed by atoms with Crippen molar-refractivity contribution >= 4 is 22.6 Å². The molecule has 2 atom stereocenters. The summed E-state index contributed by atoms with van der Waals surface area (Å²) in [5, 5.41) is 19.6. The monoisotopic (exact) mass is 270 g/mol. The highest BCUT2D eigenvalue weighted by molar-refractivity contribution is 6.18. The maximum absolute atomic E-state index is 9.43. The van der Waals surface area contributed by atoms with Crippen LogP contribution in [0, 0.1) is 0 Å². The van der Waals surface area contributed by atoms with Gasteiger partial charge in [-0.05, 0) is 25.1 Å². The van der Waals surface area contributed by atoms with Gasteiger partial charge in [-0.2, -0.15) is 0 Å². The van der Waals surface area contributed by atoms with E-state index in [4.69, 9.17) is 20.8 Å². The minimum Gasteiger partial charge on any atom is -0.491 e. The third-order valence-corrected chi connectivity index (χ3v) is 2.90. The second kappa shape index (κ2) is 5.61. The Bertz CT molecular complexity index is 521. The Kier molecular flexibility index (Phi) is 4.11. The zero-order valence-corrected chi connectivity index (χ0v) is 10.7. The third-order valence-electron chi connectivity index (χ3n) is 2.54. The molecule has 0 saturated heterocycles. The van der Waals surface area contributed by atoms with Crippen LogP contribution in [0.4, 0.5) is 0 Å². The minimum atomic E-state index is -0.688. The van der Waals surface area contributed by atoms with Crippen molar-refractivity contribution in [2.75, 3.05) is 12.5 Å². The van der Waals surface area contributed by atoms with Crippen LogP contribution in [-0.2, 0) is 0 Å². The summed E-state index contributed by atoms with van der Waals surface area (Å²) in [5.41, 5.74) is 0.642. The van der Waals surface area contributed by atoms with E-state index in [1.54, 1.807) is 25.1 Å². The maximum Gasteiger partial charge on any atom is 0.138 e. The van der Waals surface area contributed by atoms with E-state index in [2.05, 4.69) is 0 Å². The molecule has 0 aliphatic carbocycles. The SMILES string of the molecule is CC(O)c1cc2ccc(OCC(O)CCl)cc2o1. The molecule has 2 N–H and O–H groups in total. The summed E-state index contributed by atoms with van der Waals surface area (Å²) in [6.07, 6.45) is -1.33. The molecule has 18 heavy (non-hydrogen) atoms. The molecule has 1 aromatic carbocycles. The summed E-state index contributed by atoms with van der Waals surface area (Å²) in [6, 6.07) is 7.14. The Morgan fingerprint density at radius 1 is 1.33 bits per heavy atom. The zero-order chi connectivity index (χ0) is 13.1. The molecule has 0 spiro atoms. The number of ether oxygens (including phenoxy) is 1. The fourth-order valence-corrected chi connectivity index (χ4v) is 1.65. The summed E-state index contributed by atoms with van der Waals surface area (Å²) in [6.45, 7) is 1.78. The summed E-state index contributed by atoms with van der Waals surface area (Å²) in [4.78, 5) is 0. The fraction of sp³-hybridized carbons (Fsp3) is 0.385. The normalized spacial score (nSPS) is 14.7. The molecule has 0 fully saturated rings. The van der Waals surface area contributed by atoms with E-state index in [9.17, 15) is 10.2 Å². The number of hydrogen-bond donors (Lipinski definition) is 2. The fourth-order valence-electron chi connectivity index (χ4n) is 1.56. The first-order valence-electron chi connectivity index (χ1n) is 5.68. The van der Waals surface area contributed by atoms with E-state index < -0.39 is 12.2 Å². The first-order chi connectivity index (χ1) is 8.60. The second-order valence-corrected chi connectivity index (χ2v) is 4.45. The highest BCUT2D eigenvalue weighted by atomic mass is 35.5. The summed E-state index contributed by atoms with van der Waals surface area (Å²) < 4.78 is 10.9. The van der Waals surface area contributed by atoms with Crippen molar-refractivity contribution in [1.29, 1.82) is 0 Å². The lowest BCUT2D eigenvalue weighted by molar-refractivity contribution is 0.125. The molecule has 2 rings (SSSR count). The summed E-state index contributed by atoms with van der Waals surface area (Å²) >= 11 is 5.48. The molecule has 0 aliphatic rings. The van der Waals surface area contributed by atoms with Crippen LogP contribution in [0.1, 0.15) is 18.8 Å². The lowest BCUT2D eigenvalue weighted by Crippen LogP contribution is -2.18. The largest absolute Gasteiger partial charge is 0.491 e. The number of benzene rings is 1. The Balaban J connectivity index is 2.16. The lowest BCUT2D eigenvalue weighted by Gasteiger charge is -2.09. The van der Waals surface area contributed by atoms with E-state index >= 15 is 0 Å². The van der Waals surface area contributed by atoms with Crippen LogP contribution < -0.4 is 4.74 Å². The first-order valence-corrected chi connectivity index (χ1v) is 6.22. The van der Waals surface area contributed by atoms with Gasteiger partial charge in [0, 0.05) is 11.5 Å². The number of furan rings is 1. The standard InChI is InChI=1S/C13H15ClO4/c1-8(15)12-4-9-2-3-11(5-13(9)18-12)17-7-10(16)6-14/h2-5,8,10,15-16H,6-7H2,1H3. The van der Waals surface area contributed by atoms with Crippen LogP contribution in [0.3, 0.4) is 0 Å². The van der Waals surface area contributed by atoms with Gasteiger partial charge < -0.3 is 19.4 Å². The van der Waals surface area contributed by atoms with Crippen molar-refractivity contribution in [3.8, 4) is 5.75 Å². The van der Waals surface area contributed by atoms with Crippen molar-refractivity contribution in [3.63, 3.8) is 0 Å². The van der Waals surface area contributed by atoms with Gasteiger partial charge in [0.15, 0.2) is 0 Å². The van der Waals surface area contributed by atoms with Gasteiger partial charge in [0.05, 0.1) is 5.88 Å². The molecule has 0 amide bonds. The average molecular weight is 271 g/mol. The molecule has 0 bridgehead atoms. The smallest absolute Gasteiger partial charge is 0.138 e. The molecule has 98 valence electrons. The van der Waals surface area contributed by atoms with Gasteiger partial charge in [-0.3, -0.25) is 0 Å². The Hall–Kier alpha value is -1.23. The molecule has 5 heteroatoms. The topological polar surface area (TPSA) is 62.8 Å². The number of hydrogen-bond acceptors (Lipinski definition) is 4. The van der Waals surface area contributed by atoms with E-state index in [1.165, 1.54) is 0 Å². The van der Waals surface area contributed by atoms with Gasteiger partial charge in [-0.1, -0.05) is 0 Å². The van der Waals surface area contributed by atoms with Gasteiger partial charge in [-0.25, -0.2) is 0 Å². The van der Waals surface area contributed by atoms with Crippen LogP contribution >= 0.6 is 11.6 Å². The second-order valence-electron chi connectivity index (χ2n) is 4.14. The van der Waals surface area contributed by atoms with Gasteiger partial charge in [0.1, 0.15) is 35.9 Å². The molecular formula is C13H15ClO4. The van der Waals surface area contributed by atoms with Crippen LogP contribution in [-0.4, -0.2) is 28.8 Å². The number of alkyl halides is 1. The number of fused-ring (bicyclic) bond motifs is 1. The Morgan fingerprint density at radius 2 is 2.11 bits per heavy atom. The van der Waals surface area contributed by atoms with Crippen molar-refractivity contribution < 1.29 is 19.4 Å². The molecular weight excluding hydrogens is 256 g/mol. The van der Waals surface area contributed by atoms with Crippen molar-refractivity contribution in [3.05, 3.63) is 30.0 Å². The molecule has 0 saturated carbocycles. The molecule has 0 aliphatic heterocycles. The van der Waals surface area contributed by atoms with Gasteiger partial charge in [-0.15, -0.1) is 11.6 Å². The summed E-state index contributed by atoms with van der Waals surface area (Å²) in [5.74, 6) is 1.25. The molecule has 0 radical (unpaired) electrons. The van der Waals surface area contributed by atoms with E-state index in [0.717, 1.165) is 5.39 Å². The number of aliphatic hydroxyl groups is 2.